The molecule has 2 rings (SSSR count). The van der Waals surface area contributed by atoms with Gasteiger partial charge in [-0.2, -0.15) is 0 Å². The van der Waals surface area contributed by atoms with Gasteiger partial charge in [-0.3, -0.25) is 4.79 Å². The largest absolute Gasteiger partial charge is 0.469 e. The molecule has 3 heteroatoms. The molecule has 0 bridgehead atoms. The molecule has 0 aliphatic carbocycles. The summed E-state index contributed by atoms with van der Waals surface area (Å²) in [6, 6.07) is 12.4. The van der Waals surface area contributed by atoms with E-state index in [-0.39, 0.29) is 5.97 Å². The molecule has 3 nitrogen and oxygen atoms in total. The van der Waals surface area contributed by atoms with E-state index in [9.17, 15) is 4.79 Å². The summed E-state index contributed by atoms with van der Waals surface area (Å²) in [6.45, 7) is 2.08. The van der Waals surface area contributed by atoms with E-state index in [1.165, 1.54) is 29.6 Å². The molecule has 0 saturated carbocycles. The van der Waals surface area contributed by atoms with Gasteiger partial charge in [-0.15, -0.1) is 0 Å². The lowest BCUT2D eigenvalue weighted by molar-refractivity contribution is -0.140. The molecule has 0 aliphatic heterocycles. The van der Waals surface area contributed by atoms with Gasteiger partial charge in [0.15, 0.2) is 0 Å². The van der Waals surface area contributed by atoms with Gasteiger partial charge in [0.1, 0.15) is 0 Å². The van der Waals surface area contributed by atoms with Crippen LogP contribution < -0.4 is 0 Å². The van der Waals surface area contributed by atoms with Crippen molar-refractivity contribution in [3.8, 4) is 11.1 Å². The number of benzene rings is 1. The van der Waals surface area contributed by atoms with Crippen molar-refractivity contribution in [1.29, 1.82) is 0 Å². The average Bonchev–Trinajstić information content (AvgIpc) is 2.73. The van der Waals surface area contributed by atoms with Gasteiger partial charge in [-0.25, -0.2) is 0 Å². The average molecular weight is 257 g/mol. The number of hydrogen-bond acceptors (Lipinski definition) is 2. The van der Waals surface area contributed by atoms with E-state index < -0.39 is 0 Å². The molecule has 0 atom stereocenters. The van der Waals surface area contributed by atoms with E-state index in [2.05, 4.69) is 29.7 Å². The minimum absolute atomic E-state index is 0.169. The fourth-order valence-electron chi connectivity index (χ4n) is 2.28. The van der Waals surface area contributed by atoms with Gasteiger partial charge in [-0.05, 0) is 25.0 Å². The first-order valence-corrected chi connectivity index (χ1v) is 6.41. The Morgan fingerprint density at radius 1 is 1.26 bits per heavy atom. The summed E-state index contributed by atoms with van der Waals surface area (Å²) >= 11 is 0. The molecule has 19 heavy (non-hydrogen) atoms. The number of carbonyl (C=O) groups is 1. The zero-order valence-corrected chi connectivity index (χ0v) is 11.6. The number of nitrogens with zero attached hydrogens (tertiary/aromatic N) is 1. The second-order valence-electron chi connectivity index (χ2n) is 4.65. The molecule has 0 amide bonds. The maximum Gasteiger partial charge on any atom is 0.305 e. The number of aromatic nitrogens is 1. The summed E-state index contributed by atoms with van der Waals surface area (Å²) in [7, 11) is 3.46. The van der Waals surface area contributed by atoms with E-state index in [1.54, 1.807) is 0 Å². The third kappa shape index (κ3) is 2.87. The highest BCUT2D eigenvalue weighted by molar-refractivity contribution is 5.71. The molecule has 100 valence electrons. The molecule has 1 aromatic heterocycles. The predicted octanol–water partition coefficient (Wildman–Crippen LogP) is 3.11. The first-order valence-electron chi connectivity index (χ1n) is 6.41. The summed E-state index contributed by atoms with van der Waals surface area (Å²) in [5.74, 6) is -0.169. The number of methoxy groups -OCH3 is 1. The van der Waals surface area contributed by atoms with E-state index in [0.717, 1.165) is 0 Å². The van der Waals surface area contributed by atoms with Crippen LogP contribution in [0.3, 0.4) is 0 Å². The maximum atomic E-state index is 11.3. The SMILES string of the molecule is COC(=O)CCc1c(-c2ccccc2)cc(C)n1C. The van der Waals surface area contributed by atoms with E-state index in [4.69, 9.17) is 4.74 Å². The third-order valence-corrected chi connectivity index (χ3v) is 3.48. The Morgan fingerprint density at radius 2 is 1.95 bits per heavy atom. The monoisotopic (exact) mass is 257 g/mol. The Bertz CT molecular complexity index is 570. The van der Waals surface area contributed by atoms with Gasteiger partial charge >= 0.3 is 5.97 Å². The summed E-state index contributed by atoms with van der Waals surface area (Å²) in [5.41, 5.74) is 4.75. The summed E-state index contributed by atoms with van der Waals surface area (Å²) in [6.07, 6.45) is 1.11. The number of esters is 1. The molecule has 2 aromatic rings. The van der Waals surface area contributed by atoms with Gasteiger partial charge < -0.3 is 9.30 Å². The lowest BCUT2D eigenvalue weighted by Gasteiger charge is -2.08. The van der Waals surface area contributed by atoms with Gasteiger partial charge in [0.05, 0.1) is 13.5 Å². The quantitative estimate of drug-likeness (QED) is 0.788. The molecule has 0 unspecified atom stereocenters. The van der Waals surface area contributed by atoms with E-state index in [1.807, 2.05) is 25.2 Å². The van der Waals surface area contributed by atoms with Crippen LogP contribution in [-0.2, 0) is 23.0 Å². The Morgan fingerprint density at radius 3 is 2.58 bits per heavy atom. The Labute approximate surface area is 113 Å². The van der Waals surface area contributed by atoms with Crippen molar-refractivity contribution in [1.82, 2.24) is 4.57 Å². The normalized spacial score (nSPS) is 10.5. The molecule has 1 aromatic carbocycles. The number of ether oxygens (including phenoxy) is 1. The fraction of sp³-hybridized carbons (Fsp3) is 0.312. The number of hydrogen-bond donors (Lipinski definition) is 0. The minimum atomic E-state index is -0.169. The van der Waals surface area contributed by atoms with Crippen molar-refractivity contribution >= 4 is 5.97 Å². The summed E-state index contributed by atoms with van der Waals surface area (Å²) < 4.78 is 6.86. The first kappa shape index (κ1) is 13.4. The van der Waals surface area contributed by atoms with Crippen molar-refractivity contribution in [2.45, 2.75) is 19.8 Å². The Kier molecular flexibility index (Phi) is 4.05. The van der Waals surface area contributed by atoms with Crippen molar-refractivity contribution < 1.29 is 9.53 Å². The molecular formula is C16H19NO2. The van der Waals surface area contributed by atoms with Crippen molar-refractivity contribution in [3.63, 3.8) is 0 Å². The second kappa shape index (κ2) is 5.74. The van der Waals surface area contributed by atoms with Crippen LogP contribution in [0.15, 0.2) is 36.4 Å². The first-order chi connectivity index (χ1) is 9.13. The van der Waals surface area contributed by atoms with Crippen LogP contribution in [0.25, 0.3) is 11.1 Å². The molecule has 0 fully saturated rings. The molecule has 0 spiro atoms. The molecule has 1 heterocycles. The summed E-state index contributed by atoms with van der Waals surface area (Å²) in [4.78, 5) is 11.3. The van der Waals surface area contributed by atoms with Crippen LogP contribution in [0.2, 0.25) is 0 Å². The molecule has 0 saturated heterocycles. The van der Waals surface area contributed by atoms with Crippen molar-refractivity contribution in [2.24, 2.45) is 7.05 Å². The predicted molar refractivity (Wildman–Crippen MR) is 75.9 cm³/mol. The number of aryl methyl sites for hydroxylation is 1. The lowest BCUT2D eigenvalue weighted by atomic mass is 10.0. The maximum absolute atomic E-state index is 11.3. The zero-order chi connectivity index (χ0) is 13.8. The number of rotatable bonds is 4. The van der Waals surface area contributed by atoms with E-state index in [0.29, 0.717) is 12.8 Å². The van der Waals surface area contributed by atoms with Gasteiger partial charge in [-0.1, -0.05) is 30.3 Å². The second-order valence-corrected chi connectivity index (χ2v) is 4.65. The van der Waals surface area contributed by atoms with Crippen molar-refractivity contribution in [3.05, 3.63) is 47.8 Å². The highest BCUT2D eigenvalue weighted by Crippen LogP contribution is 2.27. The van der Waals surface area contributed by atoms with Gasteiger partial charge in [0.2, 0.25) is 0 Å². The van der Waals surface area contributed by atoms with Crippen LogP contribution >= 0.6 is 0 Å². The Hall–Kier alpha value is -2.03. The van der Waals surface area contributed by atoms with Crippen LogP contribution in [0.5, 0.6) is 0 Å². The highest BCUT2D eigenvalue weighted by atomic mass is 16.5. The smallest absolute Gasteiger partial charge is 0.305 e. The molecule has 0 N–H and O–H groups in total. The van der Waals surface area contributed by atoms with Gasteiger partial charge in [0.25, 0.3) is 0 Å². The highest BCUT2D eigenvalue weighted by Gasteiger charge is 2.13. The van der Waals surface area contributed by atoms with Gasteiger partial charge in [0, 0.05) is 24.0 Å². The van der Waals surface area contributed by atoms with Crippen molar-refractivity contribution in [2.75, 3.05) is 7.11 Å². The van der Waals surface area contributed by atoms with Crippen LogP contribution in [0.4, 0.5) is 0 Å². The molecule has 0 aliphatic rings. The van der Waals surface area contributed by atoms with Crippen LogP contribution in [-0.4, -0.2) is 17.6 Å². The minimum Gasteiger partial charge on any atom is -0.469 e. The Balaban J connectivity index is 2.34. The van der Waals surface area contributed by atoms with Crippen LogP contribution in [0, 0.1) is 6.92 Å². The topological polar surface area (TPSA) is 31.2 Å². The molecule has 0 radical (unpaired) electrons. The molecular weight excluding hydrogens is 238 g/mol. The zero-order valence-electron chi connectivity index (χ0n) is 11.6. The van der Waals surface area contributed by atoms with Crippen LogP contribution in [0.1, 0.15) is 17.8 Å². The summed E-state index contributed by atoms with van der Waals surface area (Å²) in [5, 5.41) is 0. The lowest BCUT2D eigenvalue weighted by Crippen LogP contribution is -2.06. The standard InChI is InChI=1S/C16H19NO2/c1-12-11-14(13-7-5-4-6-8-13)15(17(12)2)9-10-16(18)19-3/h4-8,11H,9-10H2,1-3H3. The third-order valence-electron chi connectivity index (χ3n) is 3.48. The fourth-order valence-corrected chi connectivity index (χ4v) is 2.28. The number of carbonyl (C=O) groups excluding carboxylic acids is 1. The van der Waals surface area contributed by atoms with E-state index >= 15 is 0 Å².